The van der Waals surface area contributed by atoms with E-state index in [0.717, 1.165) is 23.2 Å². The third kappa shape index (κ3) is 1.79. The summed E-state index contributed by atoms with van der Waals surface area (Å²) in [5.74, 6) is 1.03. The molecule has 0 bridgehead atoms. The maximum Gasteiger partial charge on any atom is 0.137 e. The molecule has 1 aliphatic rings. The molecule has 0 spiro atoms. The van der Waals surface area contributed by atoms with E-state index in [-0.39, 0.29) is 0 Å². The van der Waals surface area contributed by atoms with Gasteiger partial charge in [0.25, 0.3) is 0 Å². The minimum Gasteiger partial charge on any atom is -0.489 e. The molecule has 1 unspecified atom stereocenters. The summed E-state index contributed by atoms with van der Waals surface area (Å²) in [5, 5.41) is 3.15. The van der Waals surface area contributed by atoms with E-state index in [4.69, 9.17) is 4.74 Å². The number of halogens is 1. The Morgan fingerprint density at radius 3 is 3.07 bits per heavy atom. The second kappa shape index (κ2) is 3.91. The third-order valence-electron chi connectivity index (χ3n) is 2.39. The van der Waals surface area contributed by atoms with Gasteiger partial charge in [-0.15, -0.1) is 0 Å². The summed E-state index contributed by atoms with van der Waals surface area (Å²) in [6, 6.07) is 4.34. The van der Waals surface area contributed by atoms with Crippen molar-refractivity contribution in [3.63, 3.8) is 0 Å². The molecule has 1 N–H and O–H groups in total. The highest BCUT2D eigenvalue weighted by molar-refractivity contribution is 9.10. The number of hydrogen-bond acceptors (Lipinski definition) is 2. The Balaban J connectivity index is 2.36. The second-order valence-electron chi connectivity index (χ2n) is 3.73. The molecule has 0 fully saturated rings. The predicted octanol–water partition coefficient (Wildman–Crippen LogP) is 2.49. The van der Waals surface area contributed by atoms with Crippen LogP contribution in [-0.2, 0) is 13.0 Å². The van der Waals surface area contributed by atoms with E-state index in [0.29, 0.717) is 6.10 Å². The van der Waals surface area contributed by atoms with Crippen LogP contribution in [0.15, 0.2) is 16.6 Å². The van der Waals surface area contributed by atoms with E-state index < -0.39 is 0 Å². The molecule has 1 atom stereocenters. The Morgan fingerprint density at radius 1 is 1.57 bits per heavy atom. The monoisotopic (exact) mass is 255 g/mol. The largest absolute Gasteiger partial charge is 0.489 e. The van der Waals surface area contributed by atoms with Crippen molar-refractivity contribution in [1.82, 2.24) is 5.32 Å². The van der Waals surface area contributed by atoms with Crippen LogP contribution in [0.4, 0.5) is 0 Å². The van der Waals surface area contributed by atoms with Crippen molar-refractivity contribution in [2.45, 2.75) is 26.0 Å². The van der Waals surface area contributed by atoms with Gasteiger partial charge in [0.05, 0.1) is 4.47 Å². The fraction of sp³-hybridized carbons (Fsp3) is 0.455. The molecule has 2 nitrogen and oxygen atoms in total. The molecule has 2 rings (SSSR count). The van der Waals surface area contributed by atoms with Gasteiger partial charge in [-0.2, -0.15) is 0 Å². The molecule has 1 aliphatic heterocycles. The first-order chi connectivity index (χ1) is 6.70. The Bertz CT molecular complexity index is 351. The zero-order valence-electron chi connectivity index (χ0n) is 8.43. The van der Waals surface area contributed by atoms with E-state index in [2.05, 4.69) is 40.3 Å². The van der Waals surface area contributed by atoms with Crippen LogP contribution in [-0.4, -0.2) is 13.2 Å². The Kier molecular flexibility index (Phi) is 2.79. The van der Waals surface area contributed by atoms with Gasteiger partial charge in [-0.25, -0.2) is 0 Å². The van der Waals surface area contributed by atoms with Gasteiger partial charge >= 0.3 is 0 Å². The third-order valence-corrected chi connectivity index (χ3v) is 2.98. The van der Waals surface area contributed by atoms with Crippen LogP contribution in [0.25, 0.3) is 0 Å². The minimum atomic E-state index is 0.311. The standard InChI is InChI=1S/C11H14BrNO/c1-7-3-9-4-8(6-13-2)5-10(12)11(9)14-7/h4-5,7,13H,3,6H2,1-2H3. The van der Waals surface area contributed by atoms with E-state index in [1.165, 1.54) is 11.1 Å². The van der Waals surface area contributed by atoms with Crippen LogP contribution in [0.1, 0.15) is 18.1 Å². The Hall–Kier alpha value is -0.540. The predicted molar refractivity (Wildman–Crippen MR) is 60.7 cm³/mol. The van der Waals surface area contributed by atoms with Crippen molar-refractivity contribution in [3.05, 3.63) is 27.7 Å². The molecular formula is C11H14BrNO. The van der Waals surface area contributed by atoms with E-state index in [1.807, 2.05) is 7.05 Å². The highest BCUT2D eigenvalue weighted by Gasteiger charge is 2.21. The van der Waals surface area contributed by atoms with Gasteiger partial charge in [-0.3, -0.25) is 0 Å². The van der Waals surface area contributed by atoms with E-state index >= 15 is 0 Å². The first-order valence-corrected chi connectivity index (χ1v) is 5.62. The number of fused-ring (bicyclic) bond motifs is 1. The van der Waals surface area contributed by atoms with Gasteiger partial charge in [0.1, 0.15) is 11.9 Å². The van der Waals surface area contributed by atoms with Crippen molar-refractivity contribution in [2.24, 2.45) is 0 Å². The van der Waals surface area contributed by atoms with Crippen molar-refractivity contribution in [2.75, 3.05) is 7.05 Å². The quantitative estimate of drug-likeness (QED) is 0.877. The van der Waals surface area contributed by atoms with E-state index in [9.17, 15) is 0 Å². The molecule has 3 heteroatoms. The summed E-state index contributed by atoms with van der Waals surface area (Å²) in [5.41, 5.74) is 2.62. The fourth-order valence-electron chi connectivity index (χ4n) is 1.86. The van der Waals surface area contributed by atoms with Crippen LogP contribution in [0.3, 0.4) is 0 Å². The molecule has 0 saturated heterocycles. The average Bonchev–Trinajstić information content (AvgIpc) is 2.47. The second-order valence-corrected chi connectivity index (χ2v) is 4.58. The van der Waals surface area contributed by atoms with Crippen LogP contribution in [0.5, 0.6) is 5.75 Å². The summed E-state index contributed by atoms with van der Waals surface area (Å²) in [7, 11) is 1.96. The summed E-state index contributed by atoms with van der Waals surface area (Å²) < 4.78 is 6.78. The molecule has 0 saturated carbocycles. The summed E-state index contributed by atoms with van der Waals surface area (Å²) in [6.45, 7) is 3.00. The lowest BCUT2D eigenvalue weighted by atomic mass is 10.1. The smallest absolute Gasteiger partial charge is 0.137 e. The SMILES string of the molecule is CNCc1cc(Br)c2c(c1)CC(C)O2. The molecular weight excluding hydrogens is 242 g/mol. The van der Waals surface area contributed by atoms with Crippen LogP contribution in [0, 0.1) is 0 Å². The maximum atomic E-state index is 5.70. The molecule has 0 aromatic heterocycles. The maximum absolute atomic E-state index is 5.70. The zero-order chi connectivity index (χ0) is 10.1. The number of ether oxygens (including phenoxy) is 1. The highest BCUT2D eigenvalue weighted by atomic mass is 79.9. The van der Waals surface area contributed by atoms with Crippen LogP contribution < -0.4 is 10.1 Å². The number of hydrogen-bond donors (Lipinski definition) is 1. The summed E-state index contributed by atoms with van der Waals surface area (Å²) in [6.07, 6.45) is 1.33. The van der Waals surface area contributed by atoms with Gasteiger partial charge < -0.3 is 10.1 Å². The van der Waals surface area contributed by atoms with Crippen molar-refractivity contribution >= 4 is 15.9 Å². The topological polar surface area (TPSA) is 21.3 Å². The molecule has 0 aliphatic carbocycles. The van der Waals surface area contributed by atoms with Gasteiger partial charge in [0, 0.05) is 13.0 Å². The van der Waals surface area contributed by atoms with Crippen molar-refractivity contribution in [3.8, 4) is 5.75 Å². The van der Waals surface area contributed by atoms with E-state index in [1.54, 1.807) is 0 Å². The Labute approximate surface area is 92.8 Å². The molecule has 1 heterocycles. The van der Waals surface area contributed by atoms with Gasteiger partial charge in [0.2, 0.25) is 0 Å². The molecule has 14 heavy (non-hydrogen) atoms. The minimum absolute atomic E-state index is 0.311. The molecule has 0 amide bonds. The zero-order valence-corrected chi connectivity index (χ0v) is 10.0. The summed E-state index contributed by atoms with van der Waals surface area (Å²) >= 11 is 3.54. The normalized spacial score (nSPS) is 19.2. The molecule has 1 aromatic carbocycles. The van der Waals surface area contributed by atoms with Gasteiger partial charge in [-0.1, -0.05) is 6.07 Å². The lowest BCUT2D eigenvalue weighted by Gasteiger charge is -2.07. The number of benzene rings is 1. The molecule has 76 valence electrons. The van der Waals surface area contributed by atoms with Crippen LogP contribution >= 0.6 is 15.9 Å². The average molecular weight is 256 g/mol. The number of nitrogens with one attached hydrogen (secondary N) is 1. The van der Waals surface area contributed by atoms with Crippen LogP contribution in [0.2, 0.25) is 0 Å². The van der Waals surface area contributed by atoms with Crippen molar-refractivity contribution < 1.29 is 4.74 Å². The van der Waals surface area contributed by atoms with Crippen molar-refractivity contribution in [1.29, 1.82) is 0 Å². The number of rotatable bonds is 2. The highest BCUT2D eigenvalue weighted by Crippen LogP contribution is 2.37. The summed E-state index contributed by atoms with van der Waals surface area (Å²) in [4.78, 5) is 0. The van der Waals surface area contributed by atoms with Gasteiger partial charge in [-0.05, 0) is 47.1 Å². The first kappa shape index (κ1) is 9.99. The van der Waals surface area contributed by atoms with Gasteiger partial charge in [0.15, 0.2) is 0 Å². The lowest BCUT2D eigenvalue weighted by molar-refractivity contribution is 0.253. The first-order valence-electron chi connectivity index (χ1n) is 4.83. The molecule has 0 radical (unpaired) electrons. The fourth-order valence-corrected chi connectivity index (χ4v) is 2.50. The Morgan fingerprint density at radius 2 is 2.36 bits per heavy atom. The molecule has 1 aromatic rings. The lowest BCUT2D eigenvalue weighted by Crippen LogP contribution is -2.05.